The maximum atomic E-state index is 5.99. The first kappa shape index (κ1) is 14.5. The summed E-state index contributed by atoms with van der Waals surface area (Å²) in [6.45, 7) is 9.92. The highest BCUT2D eigenvalue weighted by Gasteiger charge is 2.29. The molecule has 110 valence electrons. The van der Waals surface area contributed by atoms with Gasteiger partial charge in [-0.25, -0.2) is 9.98 Å². The third-order valence-corrected chi connectivity index (χ3v) is 3.95. The fourth-order valence-electron chi connectivity index (χ4n) is 2.66. The van der Waals surface area contributed by atoms with E-state index in [1.807, 2.05) is 36.1 Å². The lowest BCUT2D eigenvalue weighted by atomic mass is 10.1. The van der Waals surface area contributed by atoms with Crippen molar-refractivity contribution in [3.05, 3.63) is 83.0 Å². The minimum Gasteiger partial charge on any atom is -0.302 e. The largest absolute Gasteiger partial charge is 0.302 e. The van der Waals surface area contributed by atoms with E-state index in [1.54, 1.807) is 18.5 Å². The number of halogens is 1. The minimum atomic E-state index is 0.508. The number of allylic oxidation sites excluding steroid dienone is 5. The molecule has 1 aliphatic heterocycles. The van der Waals surface area contributed by atoms with Gasteiger partial charge in [0, 0.05) is 29.0 Å². The molecule has 0 saturated heterocycles. The van der Waals surface area contributed by atoms with Crippen molar-refractivity contribution in [3.63, 3.8) is 0 Å². The van der Waals surface area contributed by atoms with Crippen molar-refractivity contribution in [2.45, 2.75) is 13.3 Å². The summed E-state index contributed by atoms with van der Waals surface area (Å²) in [5, 5.41) is 0.508. The van der Waals surface area contributed by atoms with Gasteiger partial charge in [-0.15, -0.1) is 0 Å². The van der Waals surface area contributed by atoms with Gasteiger partial charge in [0.25, 0.3) is 0 Å². The molecular formula is C18H16ClN3. The van der Waals surface area contributed by atoms with Gasteiger partial charge >= 0.3 is 0 Å². The first-order valence-electron chi connectivity index (χ1n) is 7.02. The van der Waals surface area contributed by atoms with Crippen LogP contribution in [0, 0.1) is 0 Å². The Morgan fingerprint density at radius 3 is 2.95 bits per heavy atom. The van der Waals surface area contributed by atoms with Crippen molar-refractivity contribution >= 4 is 23.6 Å². The Hall–Kier alpha value is -2.39. The van der Waals surface area contributed by atoms with E-state index >= 15 is 0 Å². The molecule has 0 aromatic carbocycles. The normalized spacial score (nSPS) is 17.3. The summed E-state index contributed by atoms with van der Waals surface area (Å²) >= 11 is 5.99. The standard InChI is InChI=1S/C18H16ClN3/c1-4-6-7-13(5-2)22-11-20-18-14-8-9-17(19)21-16(14)10-15(18)12(22)3/h4-9,11H,1,3,10H2,2H3/b7-6-,13-5+. The van der Waals surface area contributed by atoms with Crippen LogP contribution in [0.15, 0.2) is 71.6 Å². The molecule has 0 atom stereocenters. The first-order chi connectivity index (χ1) is 10.7. The van der Waals surface area contributed by atoms with Crippen LogP contribution < -0.4 is 0 Å². The Bertz CT molecular complexity index is 782. The molecule has 1 aromatic rings. The van der Waals surface area contributed by atoms with Crippen LogP contribution in [0.2, 0.25) is 5.15 Å². The lowest BCUT2D eigenvalue weighted by Crippen LogP contribution is -2.23. The van der Waals surface area contributed by atoms with E-state index in [0.717, 1.165) is 33.9 Å². The number of aromatic nitrogens is 1. The highest BCUT2D eigenvalue weighted by Crippen LogP contribution is 2.40. The van der Waals surface area contributed by atoms with Crippen LogP contribution in [0.1, 0.15) is 18.2 Å². The Labute approximate surface area is 135 Å². The van der Waals surface area contributed by atoms with E-state index in [2.05, 4.69) is 23.1 Å². The number of fused-ring (bicyclic) bond motifs is 2. The van der Waals surface area contributed by atoms with E-state index in [-0.39, 0.29) is 0 Å². The summed E-state index contributed by atoms with van der Waals surface area (Å²) in [5.41, 5.74) is 5.96. The van der Waals surface area contributed by atoms with Gasteiger partial charge in [0.15, 0.2) is 0 Å². The molecule has 2 heterocycles. The van der Waals surface area contributed by atoms with Gasteiger partial charge in [-0.1, -0.05) is 43.0 Å². The molecule has 4 heteroatoms. The minimum absolute atomic E-state index is 0.508. The first-order valence-corrected chi connectivity index (χ1v) is 7.40. The monoisotopic (exact) mass is 309 g/mol. The van der Waals surface area contributed by atoms with Crippen LogP contribution in [0.5, 0.6) is 0 Å². The Morgan fingerprint density at radius 1 is 1.41 bits per heavy atom. The molecule has 0 saturated carbocycles. The summed E-state index contributed by atoms with van der Waals surface area (Å²) in [5.74, 6) is 0. The highest BCUT2D eigenvalue weighted by molar-refractivity contribution is 6.29. The Kier molecular flexibility index (Phi) is 3.82. The zero-order chi connectivity index (χ0) is 15.7. The number of pyridine rings is 1. The molecule has 3 nitrogen and oxygen atoms in total. The van der Waals surface area contributed by atoms with Gasteiger partial charge in [-0.2, -0.15) is 0 Å². The summed E-state index contributed by atoms with van der Waals surface area (Å²) < 4.78 is 0. The van der Waals surface area contributed by atoms with Crippen molar-refractivity contribution in [1.29, 1.82) is 0 Å². The van der Waals surface area contributed by atoms with Crippen molar-refractivity contribution in [2.75, 3.05) is 0 Å². The van der Waals surface area contributed by atoms with Crippen LogP contribution in [0.25, 0.3) is 5.70 Å². The molecule has 0 N–H and O–H groups in total. The fraction of sp³-hybridized carbons (Fsp3) is 0.111. The molecule has 0 bridgehead atoms. The maximum absolute atomic E-state index is 5.99. The molecule has 3 rings (SSSR count). The number of nitrogens with zero attached hydrogens (tertiary/aromatic N) is 3. The smallest absolute Gasteiger partial charge is 0.129 e. The van der Waals surface area contributed by atoms with Crippen molar-refractivity contribution in [1.82, 2.24) is 9.88 Å². The molecule has 0 spiro atoms. The third kappa shape index (κ3) is 2.34. The number of hydrogen-bond donors (Lipinski definition) is 0. The maximum Gasteiger partial charge on any atom is 0.129 e. The lowest BCUT2D eigenvalue weighted by Gasteiger charge is -2.27. The van der Waals surface area contributed by atoms with Crippen LogP contribution in [0.4, 0.5) is 0 Å². The predicted molar refractivity (Wildman–Crippen MR) is 92.4 cm³/mol. The third-order valence-electron chi connectivity index (χ3n) is 3.74. The number of hydrogen-bond acceptors (Lipinski definition) is 3. The molecule has 2 aliphatic rings. The van der Waals surface area contributed by atoms with E-state index < -0.39 is 0 Å². The van der Waals surface area contributed by atoms with Gasteiger partial charge in [0.1, 0.15) is 11.5 Å². The highest BCUT2D eigenvalue weighted by atomic mass is 35.5. The zero-order valence-electron chi connectivity index (χ0n) is 12.4. The molecule has 0 unspecified atom stereocenters. The van der Waals surface area contributed by atoms with Gasteiger partial charge in [0.05, 0.1) is 11.4 Å². The summed E-state index contributed by atoms with van der Waals surface area (Å²) in [4.78, 5) is 11.0. The van der Waals surface area contributed by atoms with Crippen LogP contribution in [-0.2, 0) is 6.42 Å². The van der Waals surface area contributed by atoms with Crippen molar-refractivity contribution in [3.8, 4) is 0 Å². The number of aliphatic imine (C=N–C) groups is 1. The van der Waals surface area contributed by atoms with Crippen LogP contribution in [-0.4, -0.2) is 16.2 Å². The second-order valence-corrected chi connectivity index (χ2v) is 5.39. The molecular weight excluding hydrogens is 294 g/mol. The molecule has 0 fully saturated rings. The Morgan fingerprint density at radius 2 is 2.23 bits per heavy atom. The molecule has 22 heavy (non-hydrogen) atoms. The molecule has 1 aromatic heterocycles. The van der Waals surface area contributed by atoms with Crippen molar-refractivity contribution in [2.24, 2.45) is 4.99 Å². The quantitative estimate of drug-likeness (QED) is 0.607. The lowest BCUT2D eigenvalue weighted by molar-refractivity contribution is 0.670. The van der Waals surface area contributed by atoms with Gasteiger partial charge in [-0.05, 0) is 25.1 Å². The van der Waals surface area contributed by atoms with Gasteiger partial charge in [-0.3, -0.25) is 0 Å². The van der Waals surface area contributed by atoms with Gasteiger partial charge in [0.2, 0.25) is 0 Å². The summed E-state index contributed by atoms with van der Waals surface area (Å²) in [6.07, 6.45) is 10.1. The summed E-state index contributed by atoms with van der Waals surface area (Å²) in [7, 11) is 0. The number of rotatable bonds is 3. The fourth-order valence-corrected chi connectivity index (χ4v) is 2.83. The SMILES string of the molecule is C=C/C=C\C(=C/C)N1C=NC2=C(Cc3nc(Cl)ccc32)C1=C. The average Bonchev–Trinajstić information content (AvgIpc) is 2.88. The van der Waals surface area contributed by atoms with E-state index in [1.165, 1.54) is 0 Å². The predicted octanol–water partition coefficient (Wildman–Crippen LogP) is 4.51. The van der Waals surface area contributed by atoms with Crippen LogP contribution >= 0.6 is 11.6 Å². The summed E-state index contributed by atoms with van der Waals surface area (Å²) in [6, 6.07) is 3.77. The molecule has 0 amide bonds. The van der Waals surface area contributed by atoms with E-state index in [0.29, 0.717) is 11.6 Å². The molecule has 1 aliphatic carbocycles. The molecule has 0 radical (unpaired) electrons. The Balaban J connectivity index is 1.95. The van der Waals surface area contributed by atoms with Gasteiger partial charge < -0.3 is 4.90 Å². The average molecular weight is 310 g/mol. The van der Waals surface area contributed by atoms with E-state index in [9.17, 15) is 0 Å². The zero-order valence-corrected chi connectivity index (χ0v) is 13.1. The van der Waals surface area contributed by atoms with Crippen molar-refractivity contribution < 1.29 is 0 Å². The van der Waals surface area contributed by atoms with E-state index in [4.69, 9.17) is 11.6 Å². The topological polar surface area (TPSA) is 28.5 Å². The second-order valence-electron chi connectivity index (χ2n) is 5.00. The van der Waals surface area contributed by atoms with Crippen LogP contribution in [0.3, 0.4) is 0 Å². The second kappa shape index (κ2) is 5.78.